The zero-order valence-corrected chi connectivity index (χ0v) is 17.8. The number of carbonyl (C=O) groups is 1. The van der Waals surface area contributed by atoms with Gasteiger partial charge in [0.15, 0.2) is 0 Å². The monoisotopic (exact) mass is 412 g/mol. The van der Waals surface area contributed by atoms with Crippen LogP contribution in [0.1, 0.15) is 55.5 Å². The number of ketones is 1. The molecule has 0 aromatic heterocycles. The summed E-state index contributed by atoms with van der Waals surface area (Å²) in [5.41, 5.74) is 1.95. The molecule has 1 nitrogen and oxygen atoms in total. The molecule has 3 heteroatoms. The second kappa shape index (κ2) is 8.34. The predicted molar refractivity (Wildman–Crippen MR) is 110 cm³/mol. The number of benzene rings is 2. The van der Waals surface area contributed by atoms with Crippen molar-refractivity contribution in [1.82, 2.24) is 0 Å². The molecule has 26 heavy (non-hydrogen) atoms. The van der Waals surface area contributed by atoms with Crippen LogP contribution in [0.2, 0.25) is 10.5 Å². The van der Waals surface area contributed by atoms with Crippen LogP contribution in [0.5, 0.6) is 0 Å². The van der Waals surface area contributed by atoms with Crippen molar-refractivity contribution in [1.29, 1.82) is 0 Å². The van der Waals surface area contributed by atoms with E-state index < -0.39 is 13.3 Å². The summed E-state index contributed by atoms with van der Waals surface area (Å²) in [4.78, 5) is 12.9. The summed E-state index contributed by atoms with van der Waals surface area (Å²) >= 11 is -2.72. The normalized spacial score (nSPS) is 15.5. The summed E-state index contributed by atoms with van der Waals surface area (Å²) in [5, 5.41) is 2.40. The molecular weight excluding hydrogens is 384 g/mol. The van der Waals surface area contributed by atoms with Crippen molar-refractivity contribution in [2.75, 3.05) is 0 Å². The van der Waals surface area contributed by atoms with Gasteiger partial charge in [-0.2, -0.15) is 0 Å². The van der Waals surface area contributed by atoms with Crippen LogP contribution >= 0.6 is 0 Å². The van der Waals surface area contributed by atoms with Gasteiger partial charge in [0, 0.05) is 0 Å². The molecule has 0 saturated carbocycles. The fourth-order valence-corrected chi connectivity index (χ4v) is 16.4. The first kappa shape index (κ1) is 19.1. The van der Waals surface area contributed by atoms with E-state index in [2.05, 4.69) is 26.0 Å². The fraction of sp³-hybridized carbons (Fsp3) is 0.348. The number of rotatable bonds is 7. The number of allylic oxidation sites excluding steroid dienone is 1. The van der Waals surface area contributed by atoms with Crippen LogP contribution in [0, 0.1) is 5.82 Å². The first-order valence-electron chi connectivity index (χ1n) is 9.74. The number of halogens is 1. The maximum absolute atomic E-state index is 13.5. The molecule has 0 aliphatic carbocycles. The Labute approximate surface area is 158 Å². The molecule has 1 heterocycles. The number of carbonyl (C=O) groups excluding carboxylic acids is 1. The van der Waals surface area contributed by atoms with E-state index in [0.29, 0.717) is 0 Å². The SMILES string of the molecule is CCC[CH2][Ge]1([CH2]CCC)[C](c2ccc(F)cc2)=CC(=O)c2cccc[c]21. The van der Waals surface area contributed by atoms with E-state index in [9.17, 15) is 9.18 Å². The molecule has 2 aromatic rings. The Morgan fingerprint density at radius 3 is 2.12 bits per heavy atom. The van der Waals surface area contributed by atoms with Gasteiger partial charge in [-0.25, -0.2) is 0 Å². The van der Waals surface area contributed by atoms with Crippen molar-refractivity contribution in [3.8, 4) is 0 Å². The summed E-state index contributed by atoms with van der Waals surface area (Å²) in [6, 6.07) is 15.0. The third-order valence-electron chi connectivity index (χ3n) is 5.57. The molecule has 2 aromatic carbocycles. The van der Waals surface area contributed by atoms with Crippen molar-refractivity contribution >= 4 is 27.9 Å². The van der Waals surface area contributed by atoms with Gasteiger partial charge in [0.1, 0.15) is 0 Å². The molecule has 0 spiro atoms. The summed E-state index contributed by atoms with van der Waals surface area (Å²) in [6.07, 6.45) is 6.58. The second-order valence-corrected chi connectivity index (χ2v) is 16.2. The van der Waals surface area contributed by atoms with Crippen LogP contribution in [0.4, 0.5) is 4.39 Å². The Bertz CT molecular complexity index is 799. The number of unbranched alkanes of at least 4 members (excludes halogenated alkanes) is 2. The second-order valence-electron chi connectivity index (χ2n) is 7.26. The summed E-state index contributed by atoms with van der Waals surface area (Å²) < 4.78 is 16.1. The topological polar surface area (TPSA) is 17.1 Å². The summed E-state index contributed by atoms with van der Waals surface area (Å²) in [6.45, 7) is 4.47. The quantitative estimate of drug-likeness (QED) is 0.519. The molecule has 3 rings (SSSR count). The number of hydrogen-bond donors (Lipinski definition) is 0. The van der Waals surface area contributed by atoms with Crippen LogP contribution in [-0.4, -0.2) is 19.0 Å². The van der Waals surface area contributed by atoms with Gasteiger partial charge in [-0.1, -0.05) is 0 Å². The Kier molecular flexibility index (Phi) is 6.13. The number of fused-ring (bicyclic) bond motifs is 1. The van der Waals surface area contributed by atoms with Gasteiger partial charge >= 0.3 is 159 Å². The third kappa shape index (κ3) is 3.57. The molecule has 0 amide bonds. The van der Waals surface area contributed by atoms with Crippen molar-refractivity contribution in [3.63, 3.8) is 0 Å². The average Bonchev–Trinajstić information content (AvgIpc) is 2.67. The Balaban J connectivity index is 2.21. The van der Waals surface area contributed by atoms with Crippen LogP contribution in [-0.2, 0) is 0 Å². The Morgan fingerprint density at radius 1 is 0.885 bits per heavy atom. The van der Waals surface area contributed by atoms with Crippen molar-refractivity contribution in [2.45, 2.75) is 50.0 Å². The minimum atomic E-state index is -2.72. The number of hydrogen-bond acceptors (Lipinski definition) is 1. The molecule has 0 N–H and O–H groups in total. The predicted octanol–water partition coefficient (Wildman–Crippen LogP) is 5.90. The van der Waals surface area contributed by atoms with E-state index >= 15 is 0 Å². The van der Waals surface area contributed by atoms with Crippen molar-refractivity contribution < 1.29 is 9.18 Å². The van der Waals surface area contributed by atoms with Gasteiger partial charge in [0.2, 0.25) is 0 Å². The van der Waals surface area contributed by atoms with E-state index in [1.54, 1.807) is 0 Å². The van der Waals surface area contributed by atoms with E-state index in [-0.39, 0.29) is 11.6 Å². The van der Waals surface area contributed by atoms with Gasteiger partial charge in [-0.05, 0) is 0 Å². The standard InChI is InChI=1S/C23H27FGeO/c1-3-5-15-25(16-6-4-2)21-10-8-7-9-20(21)23(26)17-22(25)18-11-13-19(24)14-12-18/h7-14,17H,3-6,15-16H2,1-2H3. The first-order valence-corrected chi connectivity index (χ1v) is 14.8. The van der Waals surface area contributed by atoms with Crippen molar-refractivity contribution in [3.05, 3.63) is 71.6 Å². The molecule has 0 fully saturated rings. The molecule has 1 aliphatic heterocycles. The van der Waals surface area contributed by atoms with E-state index in [1.807, 2.05) is 30.3 Å². The van der Waals surface area contributed by atoms with Crippen molar-refractivity contribution in [2.24, 2.45) is 0 Å². The molecule has 0 saturated heterocycles. The van der Waals surface area contributed by atoms with Gasteiger partial charge in [-0.3, -0.25) is 0 Å². The summed E-state index contributed by atoms with van der Waals surface area (Å²) in [7, 11) is 0. The Hall–Kier alpha value is -1.68. The van der Waals surface area contributed by atoms with Crippen LogP contribution < -0.4 is 4.40 Å². The molecular formula is C23H27FGeO. The molecule has 0 atom stereocenters. The summed E-state index contributed by atoms with van der Waals surface area (Å²) in [5.74, 6) is -0.119. The molecule has 1 aliphatic rings. The zero-order valence-electron chi connectivity index (χ0n) is 15.7. The minimum absolute atomic E-state index is 0.106. The van der Waals surface area contributed by atoms with Gasteiger partial charge in [0.25, 0.3) is 0 Å². The zero-order chi connectivity index (χ0) is 18.6. The molecule has 136 valence electrons. The fourth-order valence-electron chi connectivity index (χ4n) is 4.22. The first-order chi connectivity index (χ1) is 12.6. The third-order valence-corrected chi connectivity index (χ3v) is 16.8. The molecule has 0 radical (unpaired) electrons. The average molecular weight is 411 g/mol. The van der Waals surface area contributed by atoms with Gasteiger partial charge in [0.05, 0.1) is 0 Å². The van der Waals surface area contributed by atoms with E-state index in [4.69, 9.17) is 0 Å². The van der Waals surface area contributed by atoms with Crippen LogP contribution in [0.3, 0.4) is 0 Å². The van der Waals surface area contributed by atoms with Gasteiger partial charge < -0.3 is 0 Å². The molecule has 0 bridgehead atoms. The van der Waals surface area contributed by atoms with Crippen LogP contribution in [0.15, 0.2) is 54.6 Å². The van der Waals surface area contributed by atoms with Crippen LogP contribution in [0.25, 0.3) is 4.41 Å². The van der Waals surface area contributed by atoms with Gasteiger partial charge in [-0.15, -0.1) is 0 Å². The van der Waals surface area contributed by atoms with E-state index in [1.165, 1.54) is 44.3 Å². The molecule has 0 unspecified atom stereocenters. The Morgan fingerprint density at radius 2 is 1.50 bits per heavy atom. The maximum atomic E-state index is 13.5. The van der Waals surface area contributed by atoms with E-state index in [0.717, 1.165) is 24.0 Å².